The van der Waals surface area contributed by atoms with Gasteiger partial charge in [-0.25, -0.2) is 15.0 Å². The molecular weight excluding hydrogens is 442 g/mol. The molecule has 1 amide bonds. The van der Waals surface area contributed by atoms with Gasteiger partial charge in [0.15, 0.2) is 5.58 Å². The number of para-hydroxylation sites is 1. The lowest BCUT2D eigenvalue weighted by atomic mass is 10.1. The third-order valence-electron chi connectivity index (χ3n) is 5.50. The molecule has 8 heteroatoms. The summed E-state index contributed by atoms with van der Waals surface area (Å²) in [6.45, 7) is 0.384. The Morgan fingerprint density at radius 3 is 2.69 bits per heavy atom. The molecule has 0 unspecified atom stereocenters. The number of nitrogens with zero attached hydrogens (tertiary/aromatic N) is 4. The Labute approximate surface area is 199 Å². The Balaban J connectivity index is 1.13. The minimum absolute atomic E-state index is 0.204. The van der Waals surface area contributed by atoms with Gasteiger partial charge in [-0.2, -0.15) is 0 Å². The van der Waals surface area contributed by atoms with Crippen LogP contribution >= 0.6 is 0 Å². The van der Waals surface area contributed by atoms with Crippen LogP contribution in [0.4, 0.5) is 0 Å². The smallest absolute Gasteiger partial charge is 0.254 e. The quantitative estimate of drug-likeness (QED) is 0.364. The summed E-state index contributed by atoms with van der Waals surface area (Å²) < 4.78 is 13.6. The summed E-state index contributed by atoms with van der Waals surface area (Å²) in [6, 6.07) is 22.9. The van der Waals surface area contributed by atoms with Gasteiger partial charge >= 0.3 is 0 Å². The molecule has 0 bridgehead atoms. The minimum atomic E-state index is -0.204. The van der Waals surface area contributed by atoms with Crippen molar-refractivity contribution in [3.05, 3.63) is 109 Å². The summed E-state index contributed by atoms with van der Waals surface area (Å²) >= 11 is 0. The van der Waals surface area contributed by atoms with E-state index in [9.17, 15) is 4.79 Å². The highest BCUT2D eigenvalue weighted by atomic mass is 16.5. The maximum Gasteiger partial charge on any atom is 0.254 e. The molecule has 0 aliphatic heterocycles. The summed E-state index contributed by atoms with van der Waals surface area (Å²) in [5.41, 5.74) is 3.66. The molecule has 0 radical (unpaired) electrons. The normalized spacial score (nSPS) is 11.1. The van der Waals surface area contributed by atoms with Gasteiger partial charge in [-0.05, 0) is 42.0 Å². The van der Waals surface area contributed by atoms with Crippen molar-refractivity contribution in [2.24, 2.45) is 0 Å². The van der Waals surface area contributed by atoms with Gasteiger partial charge in [0.25, 0.3) is 5.91 Å². The number of imidazole rings is 1. The maximum absolute atomic E-state index is 12.5. The number of hydrogen-bond donors (Lipinski definition) is 1. The lowest BCUT2D eigenvalue weighted by molar-refractivity contribution is 0.0950. The average molecular weight is 461 g/mol. The first-order chi connectivity index (χ1) is 17.2. The second kappa shape index (κ2) is 8.75. The molecule has 0 saturated carbocycles. The first kappa shape index (κ1) is 20.6. The van der Waals surface area contributed by atoms with E-state index in [0.29, 0.717) is 35.1 Å². The fourth-order valence-electron chi connectivity index (χ4n) is 3.70. The van der Waals surface area contributed by atoms with Gasteiger partial charge in [-0.15, -0.1) is 0 Å². The van der Waals surface area contributed by atoms with E-state index in [-0.39, 0.29) is 5.91 Å². The molecule has 1 N–H and O–H groups in total. The van der Waals surface area contributed by atoms with Crippen LogP contribution < -0.4 is 10.1 Å². The highest BCUT2D eigenvalue weighted by Gasteiger charge is 2.11. The van der Waals surface area contributed by atoms with E-state index in [0.717, 1.165) is 22.4 Å². The summed E-state index contributed by atoms with van der Waals surface area (Å²) in [4.78, 5) is 25.3. The number of fused-ring (bicyclic) bond motifs is 2. The summed E-state index contributed by atoms with van der Waals surface area (Å²) in [7, 11) is 0. The highest BCUT2D eigenvalue weighted by molar-refractivity contribution is 5.93. The van der Waals surface area contributed by atoms with E-state index < -0.39 is 0 Å². The van der Waals surface area contributed by atoms with Gasteiger partial charge in [0.05, 0.1) is 5.56 Å². The first-order valence-corrected chi connectivity index (χ1v) is 11.0. The molecule has 6 aromatic rings. The molecule has 170 valence electrons. The van der Waals surface area contributed by atoms with Crippen molar-refractivity contribution in [1.29, 1.82) is 0 Å². The molecule has 0 aliphatic carbocycles. The van der Waals surface area contributed by atoms with Crippen LogP contribution in [0.5, 0.6) is 11.5 Å². The van der Waals surface area contributed by atoms with Crippen molar-refractivity contribution in [1.82, 2.24) is 24.7 Å². The number of aromatic nitrogens is 4. The fraction of sp³-hybridized carbons (Fsp3) is 0.0370. The van der Waals surface area contributed by atoms with Gasteiger partial charge in [0.1, 0.15) is 17.0 Å². The largest absolute Gasteiger partial charge is 0.457 e. The van der Waals surface area contributed by atoms with Crippen molar-refractivity contribution in [2.75, 3.05) is 0 Å². The van der Waals surface area contributed by atoms with Gasteiger partial charge in [-0.1, -0.05) is 30.3 Å². The monoisotopic (exact) mass is 461 g/mol. The molecule has 0 spiro atoms. The van der Waals surface area contributed by atoms with Crippen molar-refractivity contribution >= 4 is 22.8 Å². The van der Waals surface area contributed by atoms with E-state index >= 15 is 0 Å². The third-order valence-corrected chi connectivity index (χ3v) is 5.50. The number of rotatable bonds is 6. The molecule has 0 saturated heterocycles. The van der Waals surface area contributed by atoms with E-state index in [2.05, 4.69) is 20.3 Å². The lowest BCUT2D eigenvalue weighted by Gasteiger charge is -2.06. The lowest BCUT2D eigenvalue weighted by Crippen LogP contribution is -2.23. The zero-order chi connectivity index (χ0) is 23.6. The standard InChI is InChI=1S/C27H19N5O3/c33-25(20-16-30-27-28-12-13-32(27)17-20)29-15-18-6-8-19(9-7-18)26-31-23-11-10-22(14-24(23)35-26)34-21-4-2-1-3-5-21/h1-14,16-17H,15H2,(H,29,33). The van der Waals surface area contributed by atoms with Crippen molar-refractivity contribution in [3.63, 3.8) is 0 Å². The van der Waals surface area contributed by atoms with E-state index in [1.165, 1.54) is 6.20 Å². The molecule has 35 heavy (non-hydrogen) atoms. The molecule has 0 atom stereocenters. The molecule has 3 aromatic heterocycles. The molecule has 3 aromatic carbocycles. The van der Waals surface area contributed by atoms with E-state index in [4.69, 9.17) is 9.15 Å². The zero-order valence-electron chi connectivity index (χ0n) is 18.5. The van der Waals surface area contributed by atoms with Crippen LogP contribution in [0.2, 0.25) is 0 Å². The Hall–Kier alpha value is -4.98. The number of hydrogen-bond acceptors (Lipinski definition) is 6. The SMILES string of the molecule is O=C(NCc1ccc(-c2nc3ccc(Oc4ccccc4)cc3o2)cc1)c1cnc2nccn2c1. The van der Waals surface area contributed by atoms with Crippen LogP contribution in [0.1, 0.15) is 15.9 Å². The summed E-state index contributed by atoms with van der Waals surface area (Å²) in [6.07, 6.45) is 6.61. The number of oxazole rings is 1. The van der Waals surface area contributed by atoms with Crippen molar-refractivity contribution in [3.8, 4) is 23.0 Å². The van der Waals surface area contributed by atoms with Crippen LogP contribution in [-0.2, 0) is 6.54 Å². The number of nitrogens with one attached hydrogen (secondary N) is 1. The molecular formula is C27H19N5O3. The van der Waals surface area contributed by atoms with Crippen LogP contribution in [0.15, 0.2) is 102 Å². The topological polar surface area (TPSA) is 94.5 Å². The molecule has 0 aliphatic rings. The Bertz CT molecular complexity index is 1640. The third kappa shape index (κ3) is 4.32. The van der Waals surface area contributed by atoms with Crippen LogP contribution in [0, 0.1) is 0 Å². The van der Waals surface area contributed by atoms with Gasteiger partial charge in [0.2, 0.25) is 11.7 Å². The number of benzene rings is 3. The van der Waals surface area contributed by atoms with E-state index in [1.54, 1.807) is 23.0 Å². The Morgan fingerprint density at radius 2 is 1.83 bits per heavy atom. The molecule has 8 nitrogen and oxygen atoms in total. The summed E-state index contributed by atoms with van der Waals surface area (Å²) in [5, 5.41) is 2.91. The second-order valence-corrected chi connectivity index (χ2v) is 7.92. The molecule has 3 heterocycles. The van der Waals surface area contributed by atoms with Crippen molar-refractivity contribution in [2.45, 2.75) is 6.54 Å². The predicted octanol–water partition coefficient (Wildman–Crippen LogP) is 5.26. The predicted molar refractivity (Wildman–Crippen MR) is 130 cm³/mol. The fourth-order valence-corrected chi connectivity index (χ4v) is 3.70. The Kier molecular flexibility index (Phi) is 5.16. The van der Waals surface area contributed by atoms with Crippen LogP contribution in [0.25, 0.3) is 28.3 Å². The van der Waals surface area contributed by atoms with E-state index in [1.807, 2.05) is 72.8 Å². The van der Waals surface area contributed by atoms with Crippen molar-refractivity contribution < 1.29 is 13.9 Å². The number of ether oxygens (including phenoxy) is 1. The number of carbonyl (C=O) groups excluding carboxylic acids is 1. The van der Waals surface area contributed by atoms with Gasteiger partial charge < -0.3 is 14.5 Å². The minimum Gasteiger partial charge on any atom is -0.457 e. The van der Waals surface area contributed by atoms with Crippen LogP contribution in [0.3, 0.4) is 0 Å². The summed E-state index contributed by atoms with van der Waals surface area (Å²) in [5.74, 6) is 2.31. The van der Waals surface area contributed by atoms with Gasteiger partial charge in [-0.3, -0.25) is 9.20 Å². The first-order valence-electron chi connectivity index (χ1n) is 11.0. The molecule has 6 rings (SSSR count). The zero-order valence-corrected chi connectivity index (χ0v) is 18.5. The second-order valence-electron chi connectivity index (χ2n) is 7.92. The Morgan fingerprint density at radius 1 is 0.971 bits per heavy atom. The number of carbonyl (C=O) groups is 1. The molecule has 0 fully saturated rings. The number of amides is 1. The highest BCUT2D eigenvalue weighted by Crippen LogP contribution is 2.29. The maximum atomic E-state index is 12.5. The van der Waals surface area contributed by atoms with Gasteiger partial charge in [0, 0.05) is 43.0 Å². The average Bonchev–Trinajstić information content (AvgIpc) is 3.54. The van der Waals surface area contributed by atoms with Crippen LogP contribution in [-0.4, -0.2) is 25.3 Å².